The van der Waals surface area contributed by atoms with Crippen molar-refractivity contribution in [3.05, 3.63) is 34.3 Å². The van der Waals surface area contributed by atoms with E-state index >= 15 is 0 Å². The zero-order chi connectivity index (χ0) is 9.84. The molecular formula is C10H12BrNO. The number of hydrogen-bond donors (Lipinski definition) is 1. The van der Waals surface area contributed by atoms with Crippen molar-refractivity contribution < 1.29 is 4.79 Å². The predicted octanol–water partition coefficient (Wildman–Crippen LogP) is 2.37. The van der Waals surface area contributed by atoms with Crippen molar-refractivity contribution in [2.24, 2.45) is 5.73 Å². The van der Waals surface area contributed by atoms with Crippen LogP contribution in [-0.4, -0.2) is 11.8 Å². The van der Waals surface area contributed by atoms with E-state index in [9.17, 15) is 4.79 Å². The fourth-order valence-electron chi connectivity index (χ4n) is 1.04. The van der Waals surface area contributed by atoms with E-state index in [0.29, 0.717) is 12.0 Å². The smallest absolute Gasteiger partial charge is 0.179 e. The van der Waals surface area contributed by atoms with Gasteiger partial charge in [-0.1, -0.05) is 35.0 Å². The first-order chi connectivity index (χ1) is 6.15. The highest BCUT2D eigenvalue weighted by molar-refractivity contribution is 9.10. The molecule has 0 aromatic heterocycles. The van der Waals surface area contributed by atoms with Crippen LogP contribution in [0.4, 0.5) is 0 Å². The average Bonchev–Trinajstić information content (AvgIpc) is 2.15. The number of Topliss-reactive ketones (excluding diaryl/α,β-unsaturated/α-hetero) is 1. The largest absolute Gasteiger partial charge is 0.321 e. The summed E-state index contributed by atoms with van der Waals surface area (Å²) >= 11 is 3.31. The fourth-order valence-corrected chi connectivity index (χ4v) is 1.44. The molecule has 1 aromatic rings. The number of hydrogen-bond acceptors (Lipinski definition) is 2. The Bertz CT molecular complexity index is 312. The van der Waals surface area contributed by atoms with Crippen molar-refractivity contribution in [1.29, 1.82) is 0 Å². The quantitative estimate of drug-likeness (QED) is 0.827. The zero-order valence-corrected chi connectivity index (χ0v) is 9.04. The Morgan fingerprint density at radius 3 is 2.85 bits per heavy atom. The minimum Gasteiger partial charge on any atom is -0.321 e. The number of halogens is 1. The molecule has 70 valence electrons. The van der Waals surface area contributed by atoms with Crippen molar-refractivity contribution in [1.82, 2.24) is 0 Å². The van der Waals surface area contributed by atoms with E-state index in [4.69, 9.17) is 5.73 Å². The standard InChI is InChI=1S/C10H12BrNO/c1-2-9(12)10(13)7-4-3-5-8(11)6-7/h3-6,9H,2,12H2,1H3. The maximum Gasteiger partial charge on any atom is 0.179 e. The Labute approximate surface area is 86.3 Å². The van der Waals surface area contributed by atoms with Gasteiger partial charge in [-0.2, -0.15) is 0 Å². The third-order valence-electron chi connectivity index (χ3n) is 1.89. The number of rotatable bonds is 3. The highest BCUT2D eigenvalue weighted by atomic mass is 79.9. The maximum absolute atomic E-state index is 11.6. The van der Waals surface area contributed by atoms with Crippen molar-refractivity contribution in [2.75, 3.05) is 0 Å². The van der Waals surface area contributed by atoms with Crippen LogP contribution < -0.4 is 5.73 Å². The normalized spacial score (nSPS) is 12.5. The van der Waals surface area contributed by atoms with Crippen LogP contribution in [0, 0.1) is 0 Å². The summed E-state index contributed by atoms with van der Waals surface area (Å²) in [5, 5.41) is 0. The summed E-state index contributed by atoms with van der Waals surface area (Å²) in [7, 11) is 0. The van der Waals surface area contributed by atoms with Gasteiger partial charge < -0.3 is 5.73 Å². The number of carbonyl (C=O) groups is 1. The lowest BCUT2D eigenvalue weighted by Crippen LogP contribution is -2.29. The highest BCUT2D eigenvalue weighted by Gasteiger charge is 2.13. The van der Waals surface area contributed by atoms with E-state index in [2.05, 4.69) is 15.9 Å². The molecule has 0 aliphatic carbocycles. The van der Waals surface area contributed by atoms with Crippen LogP contribution in [-0.2, 0) is 0 Å². The summed E-state index contributed by atoms with van der Waals surface area (Å²) in [4.78, 5) is 11.6. The molecule has 0 aliphatic heterocycles. The van der Waals surface area contributed by atoms with Gasteiger partial charge in [0, 0.05) is 10.0 Å². The van der Waals surface area contributed by atoms with E-state index < -0.39 is 0 Å². The molecule has 1 atom stereocenters. The van der Waals surface area contributed by atoms with E-state index in [1.807, 2.05) is 19.1 Å². The molecule has 13 heavy (non-hydrogen) atoms. The lowest BCUT2D eigenvalue weighted by Gasteiger charge is -2.07. The Morgan fingerprint density at radius 1 is 1.62 bits per heavy atom. The van der Waals surface area contributed by atoms with Crippen molar-refractivity contribution in [2.45, 2.75) is 19.4 Å². The summed E-state index contributed by atoms with van der Waals surface area (Å²) in [6.45, 7) is 1.90. The van der Waals surface area contributed by atoms with E-state index in [-0.39, 0.29) is 11.8 Å². The SMILES string of the molecule is CCC(N)C(=O)c1cccc(Br)c1. The summed E-state index contributed by atoms with van der Waals surface area (Å²) in [6, 6.07) is 6.91. The molecule has 0 amide bonds. The first kappa shape index (κ1) is 10.4. The fraction of sp³-hybridized carbons (Fsp3) is 0.300. The Kier molecular flexibility index (Phi) is 3.63. The number of ketones is 1. The number of nitrogens with two attached hydrogens (primary N) is 1. The lowest BCUT2D eigenvalue weighted by molar-refractivity contribution is 0.0959. The summed E-state index contributed by atoms with van der Waals surface area (Å²) in [5.74, 6) is 0.00352. The second kappa shape index (κ2) is 4.53. The van der Waals surface area contributed by atoms with E-state index in [0.717, 1.165) is 4.47 Å². The first-order valence-electron chi connectivity index (χ1n) is 4.20. The van der Waals surface area contributed by atoms with Crippen LogP contribution in [0.1, 0.15) is 23.7 Å². The minimum absolute atomic E-state index is 0.00352. The monoisotopic (exact) mass is 241 g/mol. The maximum atomic E-state index is 11.6. The molecule has 0 heterocycles. The number of carbonyl (C=O) groups excluding carboxylic acids is 1. The van der Waals surface area contributed by atoms with Gasteiger partial charge in [0.2, 0.25) is 0 Å². The molecule has 3 heteroatoms. The van der Waals surface area contributed by atoms with Crippen LogP contribution in [0.5, 0.6) is 0 Å². The topological polar surface area (TPSA) is 43.1 Å². The third-order valence-corrected chi connectivity index (χ3v) is 2.38. The molecule has 1 rings (SSSR count). The van der Waals surface area contributed by atoms with E-state index in [1.165, 1.54) is 0 Å². The van der Waals surface area contributed by atoms with E-state index in [1.54, 1.807) is 12.1 Å². The molecule has 0 saturated carbocycles. The molecule has 0 saturated heterocycles. The van der Waals surface area contributed by atoms with Gasteiger partial charge in [-0.15, -0.1) is 0 Å². The summed E-state index contributed by atoms with van der Waals surface area (Å²) in [5.41, 5.74) is 6.30. The second-order valence-corrected chi connectivity index (χ2v) is 3.81. The molecule has 0 bridgehead atoms. The molecule has 1 unspecified atom stereocenters. The molecular weight excluding hydrogens is 230 g/mol. The van der Waals surface area contributed by atoms with Gasteiger partial charge in [-0.3, -0.25) is 4.79 Å². The lowest BCUT2D eigenvalue weighted by atomic mass is 10.0. The van der Waals surface area contributed by atoms with Crippen LogP contribution in [0.2, 0.25) is 0 Å². The Hall–Kier alpha value is -0.670. The van der Waals surface area contributed by atoms with Gasteiger partial charge in [0.05, 0.1) is 6.04 Å². The van der Waals surface area contributed by atoms with Gasteiger partial charge in [-0.05, 0) is 18.6 Å². The summed E-state index contributed by atoms with van der Waals surface area (Å²) in [6.07, 6.45) is 0.672. The van der Waals surface area contributed by atoms with Crippen molar-refractivity contribution >= 4 is 21.7 Å². The van der Waals surface area contributed by atoms with Crippen molar-refractivity contribution in [3.8, 4) is 0 Å². The zero-order valence-electron chi connectivity index (χ0n) is 7.46. The van der Waals surface area contributed by atoms with Crippen LogP contribution in [0.3, 0.4) is 0 Å². The molecule has 0 aliphatic rings. The van der Waals surface area contributed by atoms with Crippen LogP contribution >= 0.6 is 15.9 Å². The van der Waals surface area contributed by atoms with Gasteiger partial charge in [0.25, 0.3) is 0 Å². The summed E-state index contributed by atoms with van der Waals surface area (Å²) < 4.78 is 0.904. The van der Waals surface area contributed by atoms with Crippen molar-refractivity contribution in [3.63, 3.8) is 0 Å². The van der Waals surface area contributed by atoms with Crippen LogP contribution in [0.25, 0.3) is 0 Å². The molecule has 2 nitrogen and oxygen atoms in total. The Balaban J connectivity index is 2.89. The van der Waals surface area contributed by atoms with Gasteiger partial charge in [-0.25, -0.2) is 0 Å². The third kappa shape index (κ3) is 2.64. The average molecular weight is 242 g/mol. The van der Waals surface area contributed by atoms with Gasteiger partial charge >= 0.3 is 0 Å². The predicted molar refractivity (Wildman–Crippen MR) is 56.7 cm³/mol. The number of benzene rings is 1. The van der Waals surface area contributed by atoms with Gasteiger partial charge in [0.1, 0.15) is 0 Å². The molecule has 0 spiro atoms. The first-order valence-corrected chi connectivity index (χ1v) is 4.99. The van der Waals surface area contributed by atoms with Crippen LogP contribution in [0.15, 0.2) is 28.7 Å². The second-order valence-electron chi connectivity index (χ2n) is 2.89. The van der Waals surface area contributed by atoms with Gasteiger partial charge in [0.15, 0.2) is 5.78 Å². The minimum atomic E-state index is -0.380. The molecule has 2 N–H and O–H groups in total. The Morgan fingerprint density at radius 2 is 2.31 bits per heavy atom. The highest BCUT2D eigenvalue weighted by Crippen LogP contribution is 2.13. The molecule has 0 fully saturated rings. The molecule has 1 aromatic carbocycles. The molecule has 0 radical (unpaired) electrons.